The van der Waals surface area contributed by atoms with E-state index < -0.39 is 29.5 Å². The average Bonchev–Trinajstić information content (AvgIpc) is 3.31. The molecule has 2 aromatic rings. The zero-order valence-electron chi connectivity index (χ0n) is 23.8. The lowest BCUT2D eigenvalue weighted by Gasteiger charge is -2.33. The van der Waals surface area contributed by atoms with Gasteiger partial charge in [-0.1, -0.05) is 31.2 Å². The molecule has 0 bridgehead atoms. The molecule has 1 unspecified atom stereocenters. The van der Waals surface area contributed by atoms with Gasteiger partial charge in [0.15, 0.2) is 5.69 Å². The molecular formula is C30H34F3N5O5. The Morgan fingerprint density at radius 1 is 1.16 bits per heavy atom. The summed E-state index contributed by atoms with van der Waals surface area (Å²) in [7, 11) is 0. The third-order valence-corrected chi connectivity index (χ3v) is 7.73. The molecule has 2 N–H and O–H groups in total. The van der Waals surface area contributed by atoms with Gasteiger partial charge >= 0.3 is 12.1 Å². The predicted molar refractivity (Wildman–Crippen MR) is 153 cm³/mol. The lowest BCUT2D eigenvalue weighted by atomic mass is 10.0. The minimum absolute atomic E-state index is 0.0410. The highest BCUT2D eigenvalue weighted by Gasteiger charge is 2.42. The molecule has 13 heteroatoms. The van der Waals surface area contributed by atoms with Crippen LogP contribution in [0.2, 0.25) is 0 Å². The fourth-order valence-corrected chi connectivity index (χ4v) is 5.47. The van der Waals surface area contributed by atoms with Crippen molar-refractivity contribution in [3.8, 4) is 0 Å². The Morgan fingerprint density at radius 3 is 2.63 bits per heavy atom. The number of rotatable bonds is 8. The molecule has 0 spiro atoms. The number of aliphatic carboxylic acids is 1. The van der Waals surface area contributed by atoms with Crippen LogP contribution in [0.15, 0.2) is 58.2 Å². The highest BCUT2D eigenvalue weighted by molar-refractivity contribution is 6.03. The third-order valence-electron chi connectivity index (χ3n) is 7.73. The minimum atomic E-state index is -4.85. The number of nitrogens with one attached hydrogen (secondary N) is 1. The maximum absolute atomic E-state index is 13.7. The number of aromatic nitrogens is 2. The fourth-order valence-electron chi connectivity index (χ4n) is 5.47. The number of alkyl halides is 3. The van der Waals surface area contributed by atoms with Crippen LogP contribution >= 0.6 is 0 Å². The van der Waals surface area contributed by atoms with Crippen LogP contribution < -0.4 is 15.1 Å². The van der Waals surface area contributed by atoms with E-state index in [1.807, 2.05) is 24.0 Å². The number of carboxylic acids is 1. The van der Waals surface area contributed by atoms with Gasteiger partial charge in [-0.3, -0.25) is 4.79 Å². The second kappa shape index (κ2) is 13.0. The summed E-state index contributed by atoms with van der Waals surface area (Å²) in [6.07, 6.45) is 7.40. The molecule has 0 aromatic carbocycles. The second-order valence-corrected chi connectivity index (χ2v) is 11.0. The number of hydrogen-bond donors (Lipinski definition) is 2. The van der Waals surface area contributed by atoms with Gasteiger partial charge in [-0.15, -0.1) is 0 Å². The van der Waals surface area contributed by atoms with Crippen molar-refractivity contribution in [1.82, 2.24) is 9.97 Å². The molecule has 0 radical (unpaired) electrons. The van der Waals surface area contributed by atoms with Crippen LogP contribution in [0.1, 0.15) is 55.3 Å². The molecule has 2 aliphatic heterocycles. The van der Waals surface area contributed by atoms with Crippen LogP contribution in [0.25, 0.3) is 0 Å². The van der Waals surface area contributed by atoms with E-state index in [-0.39, 0.29) is 35.9 Å². The average molecular weight is 602 g/mol. The Morgan fingerprint density at radius 2 is 1.95 bits per heavy atom. The summed E-state index contributed by atoms with van der Waals surface area (Å²) in [4.78, 5) is 36.2. The van der Waals surface area contributed by atoms with Crippen LogP contribution in [0.4, 0.5) is 30.7 Å². The molecule has 2 fully saturated rings. The van der Waals surface area contributed by atoms with Gasteiger partial charge in [0.2, 0.25) is 5.76 Å². The molecular weight excluding hydrogens is 567 g/mol. The van der Waals surface area contributed by atoms with Crippen molar-refractivity contribution in [3.05, 3.63) is 65.2 Å². The molecule has 2 aromatic heterocycles. The summed E-state index contributed by atoms with van der Waals surface area (Å²) in [6, 6.07) is 3.06. The zero-order chi connectivity index (χ0) is 30.6. The van der Waals surface area contributed by atoms with E-state index in [2.05, 4.69) is 15.3 Å². The molecule has 10 nitrogen and oxygen atoms in total. The summed E-state index contributed by atoms with van der Waals surface area (Å²) < 4.78 is 52.6. The van der Waals surface area contributed by atoms with Crippen LogP contribution in [0.3, 0.4) is 0 Å². The quantitative estimate of drug-likeness (QED) is 0.406. The Balaban J connectivity index is 1.16. The van der Waals surface area contributed by atoms with Gasteiger partial charge in [0, 0.05) is 26.2 Å². The summed E-state index contributed by atoms with van der Waals surface area (Å²) >= 11 is 0. The zero-order valence-corrected chi connectivity index (χ0v) is 23.8. The fraction of sp³-hybridized carbons (Fsp3) is 0.467. The van der Waals surface area contributed by atoms with Gasteiger partial charge in [0.05, 0.1) is 30.2 Å². The van der Waals surface area contributed by atoms with E-state index in [4.69, 9.17) is 9.15 Å². The van der Waals surface area contributed by atoms with E-state index >= 15 is 0 Å². The lowest BCUT2D eigenvalue weighted by molar-refractivity contribution is -0.141. The Kier molecular flexibility index (Phi) is 9.19. The molecule has 1 aliphatic carbocycles. The number of ether oxygens (including phenoxy) is 1. The smallest absolute Gasteiger partial charge is 0.437 e. The van der Waals surface area contributed by atoms with Gasteiger partial charge in [-0.05, 0) is 55.7 Å². The van der Waals surface area contributed by atoms with E-state index in [0.717, 1.165) is 12.8 Å². The van der Waals surface area contributed by atoms with E-state index in [1.165, 1.54) is 6.20 Å². The number of halogens is 3. The lowest BCUT2D eigenvalue weighted by Crippen LogP contribution is -2.37. The molecule has 230 valence electrons. The van der Waals surface area contributed by atoms with Crippen molar-refractivity contribution < 1.29 is 37.0 Å². The number of pyridine rings is 1. The molecule has 0 saturated carbocycles. The summed E-state index contributed by atoms with van der Waals surface area (Å²) in [5.74, 6) is -1.97. The van der Waals surface area contributed by atoms with Crippen LogP contribution in [-0.4, -0.2) is 65.8 Å². The Labute approximate surface area is 246 Å². The number of carbonyl (C=O) groups is 2. The summed E-state index contributed by atoms with van der Waals surface area (Å²) in [5, 5.41) is 11.9. The molecule has 1 atom stereocenters. The maximum atomic E-state index is 13.7. The number of nitrogens with zero attached hydrogens (tertiary/aromatic N) is 4. The molecule has 1 amide bonds. The third kappa shape index (κ3) is 7.45. The first kappa shape index (κ1) is 30.3. The molecule has 5 rings (SSSR count). The van der Waals surface area contributed by atoms with Crippen molar-refractivity contribution in [2.75, 3.05) is 47.9 Å². The summed E-state index contributed by atoms with van der Waals surface area (Å²) in [6.45, 7) is 4.53. The van der Waals surface area contributed by atoms with Crippen LogP contribution in [-0.2, 0) is 15.7 Å². The number of carbonyl (C=O) groups excluding carboxylic acids is 1. The highest BCUT2D eigenvalue weighted by Crippen LogP contribution is 2.35. The number of anilines is 3. The first-order valence-corrected chi connectivity index (χ1v) is 14.3. The summed E-state index contributed by atoms with van der Waals surface area (Å²) in [5.41, 5.74) is -0.241. The van der Waals surface area contributed by atoms with Crippen LogP contribution in [0.5, 0.6) is 0 Å². The highest BCUT2D eigenvalue weighted by atomic mass is 19.4. The van der Waals surface area contributed by atoms with E-state index in [1.54, 1.807) is 29.2 Å². The number of oxazole rings is 1. The number of hydrogen-bond acceptors (Lipinski definition) is 8. The van der Waals surface area contributed by atoms with E-state index in [0.29, 0.717) is 56.8 Å². The maximum Gasteiger partial charge on any atom is 0.437 e. The second-order valence-electron chi connectivity index (χ2n) is 11.0. The SMILES string of the molecule is CC1CCCN(c2nc(C(F)(F)F)c(C(=O)Nc3ccc(N4CCC(OCC5=CC=CCC=C5C(=O)O)CC4)nc3)o2)C1. The van der Waals surface area contributed by atoms with Crippen molar-refractivity contribution in [2.24, 2.45) is 5.92 Å². The van der Waals surface area contributed by atoms with Crippen LogP contribution in [0, 0.1) is 5.92 Å². The molecule has 3 aliphatic rings. The topological polar surface area (TPSA) is 121 Å². The van der Waals surface area contributed by atoms with Crippen molar-refractivity contribution in [1.29, 1.82) is 0 Å². The van der Waals surface area contributed by atoms with Crippen molar-refractivity contribution in [2.45, 2.75) is 51.3 Å². The Hall–Kier alpha value is -4.13. The van der Waals surface area contributed by atoms with Gasteiger partial charge < -0.3 is 29.4 Å². The number of piperidine rings is 2. The molecule has 4 heterocycles. The Bertz CT molecular complexity index is 1410. The monoisotopic (exact) mass is 601 g/mol. The molecule has 2 saturated heterocycles. The van der Waals surface area contributed by atoms with Gasteiger partial charge in [-0.25, -0.2) is 9.78 Å². The molecule has 43 heavy (non-hydrogen) atoms. The van der Waals surface area contributed by atoms with Gasteiger partial charge in [0.1, 0.15) is 5.82 Å². The van der Waals surface area contributed by atoms with Crippen molar-refractivity contribution in [3.63, 3.8) is 0 Å². The first-order valence-electron chi connectivity index (χ1n) is 14.3. The number of amides is 1. The van der Waals surface area contributed by atoms with Gasteiger partial charge in [0.25, 0.3) is 11.9 Å². The minimum Gasteiger partial charge on any atom is -0.478 e. The van der Waals surface area contributed by atoms with Crippen molar-refractivity contribution >= 4 is 29.4 Å². The standard InChI is InChI=1S/C30H34F3N5O5/c1-19-6-5-13-38(17-19)29-36-26(30(31,32)33)25(43-29)27(39)35-21-9-10-24(34-16-21)37-14-11-22(12-15-37)42-18-20-7-3-2-4-8-23(20)28(40)41/h2-3,7-10,16,19,22H,4-6,11-15,17-18H2,1H3,(H,35,39)(H,40,41). The predicted octanol–water partition coefficient (Wildman–Crippen LogP) is 5.46. The normalized spacial score (nSPS) is 20.0. The number of allylic oxidation sites excluding steroid dienone is 4. The largest absolute Gasteiger partial charge is 0.478 e. The first-order chi connectivity index (χ1) is 20.6. The number of carboxylic acid groups (broad SMARTS) is 1. The van der Waals surface area contributed by atoms with Gasteiger partial charge in [-0.2, -0.15) is 18.2 Å². The van der Waals surface area contributed by atoms with E-state index in [9.17, 15) is 27.9 Å².